The number of rotatable bonds is 3. The van der Waals surface area contributed by atoms with E-state index in [1.807, 2.05) is 35.7 Å². The van der Waals surface area contributed by atoms with Crippen LogP contribution in [0, 0.1) is 6.92 Å². The predicted octanol–water partition coefficient (Wildman–Crippen LogP) is 3.08. The van der Waals surface area contributed by atoms with Crippen LogP contribution in [-0.2, 0) is 11.2 Å². The number of fused-ring (bicyclic) bond motifs is 1. The maximum atomic E-state index is 12.0. The molecule has 3 aromatic rings. The number of aromatic nitrogens is 1. The molecule has 2 N–H and O–H groups in total. The summed E-state index contributed by atoms with van der Waals surface area (Å²) in [4.78, 5) is 27.4. The number of carbonyl (C=O) groups excluding carboxylic acids is 1. The summed E-state index contributed by atoms with van der Waals surface area (Å²) in [5.74, 6) is -0.0636. The topological polar surface area (TPSA) is 62.0 Å². The molecule has 2 heterocycles. The van der Waals surface area contributed by atoms with Gasteiger partial charge in [-0.25, -0.2) is 0 Å². The molecule has 0 saturated heterocycles. The van der Waals surface area contributed by atoms with Crippen LogP contribution in [-0.4, -0.2) is 10.9 Å². The number of pyridine rings is 1. The molecule has 0 aliphatic carbocycles. The number of benzene rings is 1. The van der Waals surface area contributed by atoms with Gasteiger partial charge in [0.15, 0.2) is 0 Å². The highest BCUT2D eigenvalue weighted by molar-refractivity contribution is 7.10. The predicted molar refractivity (Wildman–Crippen MR) is 86.0 cm³/mol. The van der Waals surface area contributed by atoms with Crippen molar-refractivity contribution in [3.05, 3.63) is 62.6 Å². The molecule has 2 aromatic heterocycles. The Morgan fingerprint density at radius 2 is 2.14 bits per heavy atom. The molecule has 5 heteroatoms. The highest BCUT2D eigenvalue weighted by Gasteiger charge is 2.06. The number of aryl methyl sites for hydroxylation is 1. The van der Waals surface area contributed by atoms with Crippen LogP contribution >= 0.6 is 11.3 Å². The summed E-state index contributed by atoms with van der Waals surface area (Å²) in [6.45, 7) is 1.77. The third-order valence-electron chi connectivity index (χ3n) is 3.23. The van der Waals surface area contributed by atoms with Crippen LogP contribution in [0.2, 0.25) is 0 Å². The average Bonchev–Trinajstić information content (AvgIpc) is 2.93. The number of anilines is 1. The Labute approximate surface area is 125 Å². The third-order valence-corrected chi connectivity index (χ3v) is 4.11. The number of aromatic amines is 1. The van der Waals surface area contributed by atoms with Crippen LogP contribution in [0.3, 0.4) is 0 Å². The number of H-pyrrole nitrogens is 1. The lowest BCUT2D eigenvalue weighted by molar-refractivity contribution is -0.115. The molecule has 1 aromatic carbocycles. The first-order valence-electron chi connectivity index (χ1n) is 6.58. The smallest absolute Gasteiger partial charge is 0.251 e. The molecule has 0 unspecified atom stereocenters. The largest absolute Gasteiger partial charge is 0.326 e. The van der Waals surface area contributed by atoms with Crippen molar-refractivity contribution in [3.63, 3.8) is 0 Å². The van der Waals surface area contributed by atoms with E-state index < -0.39 is 0 Å². The van der Waals surface area contributed by atoms with E-state index in [0.717, 1.165) is 15.8 Å². The van der Waals surface area contributed by atoms with Crippen molar-refractivity contribution in [3.8, 4) is 0 Å². The van der Waals surface area contributed by atoms with Crippen molar-refractivity contribution in [2.24, 2.45) is 0 Å². The minimum atomic E-state index is -0.107. The molecule has 4 nitrogen and oxygen atoms in total. The van der Waals surface area contributed by atoms with Gasteiger partial charge in [-0.1, -0.05) is 12.1 Å². The van der Waals surface area contributed by atoms with Gasteiger partial charge in [-0.05, 0) is 42.0 Å². The molecule has 106 valence electrons. The number of hydrogen-bond donors (Lipinski definition) is 2. The second-order valence-corrected chi connectivity index (χ2v) is 5.92. The second kappa shape index (κ2) is 5.54. The zero-order chi connectivity index (χ0) is 14.8. The van der Waals surface area contributed by atoms with Crippen LogP contribution < -0.4 is 10.9 Å². The Morgan fingerprint density at radius 1 is 1.29 bits per heavy atom. The van der Waals surface area contributed by atoms with Gasteiger partial charge in [-0.3, -0.25) is 9.59 Å². The molecular weight excluding hydrogens is 284 g/mol. The van der Waals surface area contributed by atoms with E-state index in [1.165, 1.54) is 0 Å². The first-order valence-corrected chi connectivity index (χ1v) is 7.46. The van der Waals surface area contributed by atoms with Crippen LogP contribution in [0.15, 0.2) is 46.6 Å². The molecule has 0 saturated carbocycles. The number of amides is 1. The van der Waals surface area contributed by atoms with Gasteiger partial charge < -0.3 is 10.3 Å². The molecule has 0 fully saturated rings. The third kappa shape index (κ3) is 3.03. The Hall–Kier alpha value is -2.40. The van der Waals surface area contributed by atoms with E-state index >= 15 is 0 Å². The molecule has 1 amide bonds. The molecule has 0 aliphatic rings. The van der Waals surface area contributed by atoms with Crippen molar-refractivity contribution in [2.45, 2.75) is 13.3 Å². The first kappa shape index (κ1) is 13.6. The Balaban J connectivity index is 1.82. The monoisotopic (exact) mass is 298 g/mol. The number of nitrogens with one attached hydrogen (secondary N) is 2. The van der Waals surface area contributed by atoms with E-state index in [-0.39, 0.29) is 11.5 Å². The summed E-state index contributed by atoms with van der Waals surface area (Å²) < 4.78 is 0. The Bertz CT molecular complexity index is 850. The van der Waals surface area contributed by atoms with Gasteiger partial charge in [0.2, 0.25) is 5.91 Å². The van der Waals surface area contributed by atoms with Gasteiger partial charge in [0.05, 0.1) is 11.9 Å². The first-order chi connectivity index (χ1) is 10.1. The van der Waals surface area contributed by atoms with Crippen LogP contribution in [0.4, 0.5) is 5.69 Å². The van der Waals surface area contributed by atoms with E-state index in [4.69, 9.17) is 0 Å². The molecule has 0 radical (unpaired) electrons. The fraction of sp³-hybridized carbons (Fsp3) is 0.125. The molecular formula is C16H14N2O2S. The number of carbonyl (C=O) groups is 1. The highest BCUT2D eigenvalue weighted by Crippen LogP contribution is 2.17. The zero-order valence-corrected chi connectivity index (χ0v) is 12.3. The molecule has 0 bridgehead atoms. The van der Waals surface area contributed by atoms with Crippen molar-refractivity contribution in [2.75, 3.05) is 5.32 Å². The minimum absolute atomic E-state index is 0.0636. The SMILES string of the molecule is Cc1cc2ccc(NC(=O)Cc3cccs3)cc2[nH]c1=O. The molecule has 3 rings (SSSR count). The van der Waals surface area contributed by atoms with Crippen LogP contribution in [0.25, 0.3) is 10.9 Å². The van der Waals surface area contributed by atoms with Gasteiger partial charge >= 0.3 is 0 Å². The average molecular weight is 298 g/mol. The number of thiophene rings is 1. The standard InChI is InChI=1S/C16H14N2O2S/c1-10-7-11-4-5-12(8-14(11)18-16(10)20)17-15(19)9-13-3-2-6-21-13/h2-8H,9H2,1H3,(H,17,19)(H,18,20). The zero-order valence-electron chi connectivity index (χ0n) is 11.5. The van der Waals surface area contributed by atoms with Crippen molar-refractivity contribution < 1.29 is 4.79 Å². The molecule has 0 atom stereocenters. The lowest BCUT2D eigenvalue weighted by Crippen LogP contribution is -2.14. The van der Waals surface area contributed by atoms with Gasteiger partial charge in [0.25, 0.3) is 5.56 Å². The van der Waals surface area contributed by atoms with Crippen molar-refractivity contribution >= 4 is 33.8 Å². The Morgan fingerprint density at radius 3 is 2.90 bits per heavy atom. The lowest BCUT2D eigenvalue weighted by Gasteiger charge is -2.06. The van der Waals surface area contributed by atoms with Gasteiger partial charge in [-0.2, -0.15) is 0 Å². The summed E-state index contributed by atoms with van der Waals surface area (Å²) >= 11 is 1.56. The quantitative estimate of drug-likeness (QED) is 0.780. The molecule has 21 heavy (non-hydrogen) atoms. The van der Waals surface area contributed by atoms with Gasteiger partial charge in [0, 0.05) is 16.1 Å². The molecule has 0 aliphatic heterocycles. The normalized spacial score (nSPS) is 10.7. The van der Waals surface area contributed by atoms with Gasteiger partial charge in [-0.15, -0.1) is 11.3 Å². The van der Waals surface area contributed by atoms with Crippen LogP contribution in [0.1, 0.15) is 10.4 Å². The second-order valence-electron chi connectivity index (χ2n) is 4.89. The summed E-state index contributed by atoms with van der Waals surface area (Å²) in [7, 11) is 0. The van der Waals surface area contributed by atoms with Crippen LogP contribution in [0.5, 0.6) is 0 Å². The fourth-order valence-corrected chi connectivity index (χ4v) is 2.87. The van der Waals surface area contributed by atoms with Crippen molar-refractivity contribution in [1.29, 1.82) is 0 Å². The number of hydrogen-bond acceptors (Lipinski definition) is 3. The van der Waals surface area contributed by atoms with Gasteiger partial charge in [0.1, 0.15) is 0 Å². The highest BCUT2D eigenvalue weighted by atomic mass is 32.1. The maximum absolute atomic E-state index is 12.0. The summed E-state index contributed by atoms with van der Waals surface area (Å²) in [5.41, 5.74) is 1.98. The lowest BCUT2D eigenvalue weighted by atomic mass is 10.1. The Kier molecular flexibility index (Phi) is 3.58. The summed E-state index contributed by atoms with van der Waals surface area (Å²) in [6, 6.07) is 11.2. The fourth-order valence-electron chi connectivity index (χ4n) is 2.16. The van der Waals surface area contributed by atoms with E-state index in [2.05, 4.69) is 10.3 Å². The maximum Gasteiger partial charge on any atom is 0.251 e. The van der Waals surface area contributed by atoms with E-state index in [9.17, 15) is 9.59 Å². The van der Waals surface area contributed by atoms with E-state index in [1.54, 1.807) is 24.3 Å². The minimum Gasteiger partial charge on any atom is -0.326 e. The van der Waals surface area contributed by atoms with E-state index in [0.29, 0.717) is 17.7 Å². The molecule has 0 spiro atoms. The van der Waals surface area contributed by atoms with Crippen molar-refractivity contribution in [1.82, 2.24) is 4.98 Å². The summed E-state index contributed by atoms with van der Waals surface area (Å²) in [5, 5.41) is 5.75. The summed E-state index contributed by atoms with van der Waals surface area (Å²) in [6.07, 6.45) is 0.361.